The third-order valence-corrected chi connectivity index (χ3v) is 7.97. The number of fused-ring (bicyclic) bond motifs is 1. The first-order chi connectivity index (χ1) is 19.2. The van der Waals surface area contributed by atoms with Crippen molar-refractivity contribution in [1.29, 1.82) is 0 Å². The predicted octanol–water partition coefficient (Wildman–Crippen LogP) is 6.59. The van der Waals surface area contributed by atoms with Crippen LogP contribution < -0.4 is 5.32 Å². The van der Waals surface area contributed by atoms with Gasteiger partial charge in [0.15, 0.2) is 0 Å². The van der Waals surface area contributed by atoms with Crippen molar-refractivity contribution in [1.82, 2.24) is 14.5 Å². The maximum Gasteiger partial charge on any atom is 0.416 e. The zero-order valence-electron chi connectivity index (χ0n) is 22.7. The number of hydrogen-bond donors (Lipinski definition) is 1. The van der Waals surface area contributed by atoms with Gasteiger partial charge in [-0.25, -0.2) is 4.98 Å². The number of hydrogen-bond acceptors (Lipinski definition) is 5. The van der Waals surface area contributed by atoms with Gasteiger partial charge in [-0.15, -0.1) is 0 Å². The minimum atomic E-state index is -4.55. The van der Waals surface area contributed by atoms with E-state index >= 15 is 0 Å². The lowest BCUT2D eigenvalue weighted by molar-refractivity contribution is -0.149. The Morgan fingerprint density at radius 2 is 1.77 bits per heavy atom. The van der Waals surface area contributed by atoms with E-state index in [2.05, 4.69) is 16.3 Å². The van der Waals surface area contributed by atoms with Crippen LogP contribution in [-0.2, 0) is 22.3 Å². The molecule has 40 heavy (non-hydrogen) atoms. The minimum Gasteiger partial charge on any atom is -0.466 e. The molecule has 0 spiro atoms. The van der Waals surface area contributed by atoms with Crippen molar-refractivity contribution in [2.45, 2.75) is 70.6 Å². The molecule has 2 aromatic carbocycles. The van der Waals surface area contributed by atoms with Crippen molar-refractivity contribution < 1.29 is 27.5 Å². The van der Waals surface area contributed by atoms with Gasteiger partial charge in [0.25, 0.3) is 5.91 Å². The zero-order chi connectivity index (χ0) is 28.3. The summed E-state index contributed by atoms with van der Waals surface area (Å²) in [5.41, 5.74) is 1.74. The molecule has 0 atom stereocenters. The van der Waals surface area contributed by atoms with Crippen molar-refractivity contribution >= 4 is 28.9 Å². The average molecular weight is 557 g/mol. The highest BCUT2D eigenvalue weighted by Gasteiger charge is 2.32. The first-order valence-electron chi connectivity index (χ1n) is 14.1. The summed E-state index contributed by atoms with van der Waals surface area (Å²) < 4.78 is 47.0. The second-order valence-corrected chi connectivity index (χ2v) is 10.8. The SMILES string of the molecule is CCOC(=O)C1CCC(n2c(NC(=O)c3cccc(C(F)(F)F)c3)nc3ccc(CN4CCCCC4)cc32)CC1. The van der Waals surface area contributed by atoms with Crippen LogP contribution in [0.3, 0.4) is 0 Å². The Bertz CT molecular complexity index is 1360. The lowest BCUT2D eigenvalue weighted by Crippen LogP contribution is -2.29. The van der Waals surface area contributed by atoms with E-state index in [9.17, 15) is 22.8 Å². The number of likely N-dealkylation sites (tertiary alicyclic amines) is 1. The van der Waals surface area contributed by atoms with Crippen molar-refractivity contribution in [3.05, 3.63) is 59.2 Å². The van der Waals surface area contributed by atoms with Gasteiger partial charge in [-0.2, -0.15) is 13.2 Å². The quantitative estimate of drug-likeness (QED) is 0.333. The fraction of sp³-hybridized carbons (Fsp3) is 0.500. The highest BCUT2D eigenvalue weighted by atomic mass is 19.4. The predicted molar refractivity (Wildman–Crippen MR) is 146 cm³/mol. The highest BCUT2D eigenvalue weighted by molar-refractivity contribution is 6.04. The molecule has 2 fully saturated rings. The molecule has 2 aliphatic rings. The molecule has 1 aromatic heterocycles. The number of nitrogens with one attached hydrogen (secondary N) is 1. The van der Waals surface area contributed by atoms with Crippen LogP contribution in [0.1, 0.15) is 79.4 Å². The lowest BCUT2D eigenvalue weighted by Gasteiger charge is -2.30. The number of alkyl halides is 3. The van der Waals surface area contributed by atoms with Crippen LogP contribution in [0.5, 0.6) is 0 Å². The largest absolute Gasteiger partial charge is 0.466 e. The molecule has 5 rings (SSSR count). The number of anilines is 1. The molecule has 10 heteroatoms. The molecule has 1 aliphatic heterocycles. The number of imidazole rings is 1. The molecule has 0 radical (unpaired) electrons. The number of piperidine rings is 1. The molecule has 0 unspecified atom stereocenters. The summed E-state index contributed by atoms with van der Waals surface area (Å²) in [5.74, 6) is -0.703. The van der Waals surface area contributed by atoms with E-state index < -0.39 is 17.6 Å². The van der Waals surface area contributed by atoms with Crippen LogP contribution in [-0.4, -0.2) is 46.0 Å². The Balaban J connectivity index is 1.45. The monoisotopic (exact) mass is 556 g/mol. The summed E-state index contributed by atoms with van der Waals surface area (Å²) in [6.07, 6.45) is 1.77. The first kappa shape index (κ1) is 28.1. The molecule has 214 valence electrons. The van der Waals surface area contributed by atoms with Crippen LogP contribution in [0.25, 0.3) is 11.0 Å². The molecule has 1 amide bonds. The van der Waals surface area contributed by atoms with Gasteiger partial charge in [-0.1, -0.05) is 18.6 Å². The number of amides is 1. The summed E-state index contributed by atoms with van der Waals surface area (Å²) >= 11 is 0. The first-order valence-corrected chi connectivity index (χ1v) is 14.1. The fourth-order valence-electron chi connectivity index (χ4n) is 5.91. The molecule has 1 aliphatic carbocycles. The maximum absolute atomic E-state index is 13.3. The Labute approximate surface area is 231 Å². The number of benzene rings is 2. The van der Waals surface area contributed by atoms with Crippen molar-refractivity contribution in [2.75, 3.05) is 25.0 Å². The van der Waals surface area contributed by atoms with E-state index in [4.69, 9.17) is 9.72 Å². The van der Waals surface area contributed by atoms with Gasteiger partial charge >= 0.3 is 12.1 Å². The van der Waals surface area contributed by atoms with Crippen molar-refractivity contribution in [2.24, 2.45) is 5.92 Å². The van der Waals surface area contributed by atoms with Crippen LogP contribution in [0, 0.1) is 5.92 Å². The van der Waals surface area contributed by atoms with Gasteiger partial charge in [-0.3, -0.25) is 19.8 Å². The van der Waals surface area contributed by atoms with Gasteiger partial charge in [0.2, 0.25) is 5.95 Å². The molecule has 1 saturated carbocycles. The van der Waals surface area contributed by atoms with Gasteiger partial charge in [0, 0.05) is 18.2 Å². The standard InChI is InChI=1S/C30H35F3N4O3/c1-2-40-28(39)21-10-12-24(13-11-21)37-26-17-20(19-36-15-4-3-5-16-36)9-14-25(26)34-29(37)35-27(38)22-7-6-8-23(18-22)30(31,32)33/h6-9,14,17-18,21,24H,2-5,10-13,15-16,19H2,1H3,(H,34,35,38). The zero-order valence-corrected chi connectivity index (χ0v) is 22.7. The molecule has 7 nitrogen and oxygen atoms in total. The van der Waals surface area contributed by atoms with E-state index in [-0.39, 0.29) is 23.5 Å². The number of esters is 1. The van der Waals surface area contributed by atoms with Gasteiger partial charge in [-0.05, 0) is 94.4 Å². The van der Waals surface area contributed by atoms with Crippen LogP contribution in [0.15, 0.2) is 42.5 Å². The number of ether oxygens (including phenoxy) is 1. The number of rotatable bonds is 7. The van der Waals surface area contributed by atoms with E-state index in [1.54, 1.807) is 6.92 Å². The summed E-state index contributed by atoms with van der Waals surface area (Å²) in [7, 11) is 0. The molecule has 1 saturated heterocycles. The average Bonchev–Trinajstić information content (AvgIpc) is 3.30. The van der Waals surface area contributed by atoms with Crippen LogP contribution in [0.2, 0.25) is 0 Å². The molecule has 3 aromatic rings. The number of halogens is 3. The molecule has 0 bridgehead atoms. The van der Waals surface area contributed by atoms with Gasteiger partial charge in [0.1, 0.15) is 0 Å². The second kappa shape index (κ2) is 12.0. The third kappa shape index (κ3) is 6.32. The lowest BCUT2D eigenvalue weighted by atomic mass is 9.86. The summed E-state index contributed by atoms with van der Waals surface area (Å²) in [4.78, 5) is 32.6. The molecule has 2 heterocycles. The van der Waals surface area contributed by atoms with Crippen LogP contribution >= 0.6 is 0 Å². The summed E-state index contributed by atoms with van der Waals surface area (Å²) in [6.45, 7) is 5.09. The fourth-order valence-corrected chi connectivity index (χ4v) is 5.91. The Morgan fingerprint density at radius 3 is 2.48 bits per heavy atom. The molecular formula is C30H35F3N4O3. The number of aromatic nitrogens is 2. The number of carbonyl (C=O) groups is 2. The van der Waals surface area contributed by atoms with Crippen LogP contribution in [0.4, 0.5) is 19.1 Å². The van der Waals surface area contributed by atoms with E-state index in [1.807, 2.05) is 16.7 Å². The highest BCUT2D eigenvalue weighted by Crippen LogP contribution is 2.38. The topological polar surface area (TPSA) is 76.5 Å². The van der Waals surface area contributed by atoms with E-state index in [0.29, 0.717) is 43.8 Å². The Morgan fingerprint density at radius 1 is 1.02 bits per heavy atom. The number of nitrogens with zero attached hydrogens (tertiary/aromatic N) is 3. The summed E-state index contributed by atoms with van der Waals surface area (Å²) in [6, 6.07) is 10.4. The molecular weight excluding hydrogens is 521 g/mol. The Kier molecular flexibility index (Phi) is 8.44. The minimum absolute atomic E-state index is 0.0299. The van der Waals surface area contributed by atoms with E-state index in [1.165, 1.54) is 31.4 Å². The van der Waals surface area contributed by atoms with Crippen molar-refractivity contribution in [3.63, 3.8) is 0 Å². The van der Waals surface area contributed by atoms with Gasteiger partial charge in [0.05, 0.1) is 29.1 Å². The summed E-state index contributed by atoms with van der Waals surface area (Å²) in [5, 5.41) is 2.79. The maximum atomic E-state index is 13.3. The smallest absolute Gasteiger partial charge is 0.416 e. The third-order valence-electron chi connectivity index (χ3n) is 7.97. The normalized spacial score (nSPS) is 20.4. The van der Waals surface area contributed by atoms with Crippen molar-refractivity contribution in [3.8, 4) is 0 Å². The van der Waals surface area contributed by atoms with E-state index in [0.717, 1.165) is 42.8 Å². The Hall–Kier alpha value is -3.40. The number of carbonyl (C=O) groups excluding carboxylic acids is 2. The molecule has 1 N–H and O–H groups in total. The second-order valence-electron chi connectivity index (χ2n) is 10.8. The van der Waals surface area contributed by atoms with Gasteiger partial charge < -0.3 is 9.30 Å².